The molecule has 0 unspecified atom stereocenters. The summed E-state index contributed by atoms with van der Waals surface area (Å²) in [6.07, 6.45) is 4.77. The Balaban J connectivity index is 1.93. The van der Waals surface area contributed by atoms with Crippen molar-refractivity contribution in [2.45, 2.75) is 45.6 Å². The molecule has 1 fully saturated rings. The third kappa shape index (κ3) is 4.34. The van der Waals surface area contributed by atoms with E-state index in [9.17, 15) is 4.79 Å². The number of nitrogens with one attached hydrogen (secondary N) is 1. The summed E-state index contributed by atoms with van der Waals surface area (Å²) in [4.78, 5) is 12.3. The highest BCUT2D eigenvalue weighted by atomic mass is 16.2. The van der Waals surface area contributed by atoms with Crippen molar-refractivity contribution in [1.29, 1.82) is 0 Å². The number of aliphatic hydroxyl groups is 1. The quantitative estimate of drug-likeness (QED) is 0.836. The topological polar surface area (TPSA) is 49.3 Å². The molecule has 0 bridgehead atoms. The SMILES string of the molecule is CC1(C(=O)NCc2cccc(C#CCCO)c2)CCCC1. The predicted octanol–water partition coefficient (Wildman–Crippen LogP) is 2.62. The van der Waals surface area contributed by atoms with Gasteiger partial charge in [-0.25, -0.2) is 0 Å². The van der Waals surface area contributed by atoms with Crippen LogP contribution in [0.3, 0.4) is 0 Å². The maximum absolute atomic E-state index is 12.3. The zero-order chi connectivity index (χ0) is 15.1. The lowest BCUT2D eigenvalue weighted by Gasteiger charge is -2.22. The average Bonchev–Trinajstić information content (AvgIpc) is 2.94. The van der Waals surface area contributed by atoms with Gasteiger partial charge in [-0.1, -0.05) is 43.7 Å². The first-order valence-corrected chi connectivity index (χ1v) is 7.61. The molecular formula is C18H23NO2. The minimum atomic E-state index is -0.182. The Hall–Kier alpha value is -1.79. The van der Waals surface area contributed by atoms with E-state index in [-0.39, 0.29) is 17.9 Å². The molecule has 3 nitrogen and oxygen atoms in total. The number of benzene rings is 1. The number of hydrogen-bond donors (Lipinski definition) is 2. The normalized spacial score (nSPS) is 16.1. The number of amides is 1. The second kappa shape index (κ2) is 7.28. The zero-order valence-electron chi connectivity index (χ0n) is 12.6. The molecule has 112 valence electrons. The van der Waals surface area contributed by atoms with Crippen LogP contribution in [-0.4, -0.2) is 17.6 Å². The van der Waals surface area contributed by atoms with Gasteiger partial charge in [-0.2, -0.15) is 0 Å². The van der Waals surface area contributed by atoms with Crippen LogP contribution in [0, 0.1) is 17.3 Å². The van der Waals surface area contributed by atoms with Gasteiger partial charge in [0.15, 0.2) is 0 Å². The molecule has 2 N–H and O–H groups in total. The fourth-order valence-electron chi connectivity index (χ4n) is 2.76. The minimum absolute atomic E-state index is 0.0847. The highest BCUT2D eigenvalue weighted by Crippen LogP contribution is 2.37. The van der Waals surface area contributed by atoms with Gasteiger partial charge in [0, 0.05) is 23.9 Å². The van der Waals surface area contributed by atoms with Gasteiger partial charge in [0.25, 0.3) is 0 Å². The second-order valence-electron chi connectivity index (χ2n) is 5.93. The van der Waals surface area contributed by atoms with Crippen molar-refractivity contribution in [3.8, 4) is 11.8 Å². The Morgan fingerprint density at radius 1 is 1.38 bits per heavy atom. The Morgan fingerprint density at radius 3 is 2.86 bits per heavy atom. The van der Waals surface area contributed by atoms with Crippen LogP contribution in [0.4, 0.5) is 0 Å². The van der Waals surface area contributed by atoms with E-state index in [1.165, 1.54) is 0 Å². The molecule has 1 saturated carbocycles. The molecule has 0 saturated heterocycles. The molecule has 1 aliphatic carbocycles. The monoisotopic (exact) mass is 285 g/mol. The molecule has 3 heteroatoms. The summed E-state index contributed by atoms with van der Waals surface area (Å²) >= 11 is 0. The number of aliphatic hydroxyl groups excluding tert-OH is 1. The van der Waals surface area contributed by atoms with Crippen molar-refractivity contribution in [3.05, 3.63) is 35.4 Å². The van der Waals surface area contributed by atoms with Crippen LogP contribution in [0.5, 0.6) is 0 Å². The lowest BCUT2D eigenvalue weighted by Crippen LogP contribution is -2.36. The van der Waals surface area contributed by atoms with E-state index in [4.69, 9.17) is 5.11 Å². The van der Waals surface area contributed by atoms with E-state index in [1.807, 2.05) is 24.3 Å². The molecule has 0 atom stereocenters. The summed E-state index contributed by atoms with van der Waals surface area (Å²) < 4.78 is 0. The van der Waals surface area contributed by atoms with Crippen LogP contribution in [0.25, 0.3) is 0 Å². The zero-order valence-corrected chi connectivity index (χ0v) is 12.6. The van der Waals surface area contributed by atoms with Crippen molar-refractivity contribution in [2.24, 2.45) is 5.41 Å². The van der Waals surface area contributed by atoms with E-state index in [1.54, 1.807) is 0 Å². The minimum Gasteiger partial charge on any atom is -0.395 e. The number of carbonyl (C=O) groups excluding carboxylic acids is 1. The number of carbonyl (C=O) groups is 1. The van der Waals surface area contributed by atoms with Gasteiger partial charge in [0.2, 0.25) is 5.91 Å². The molecular weight excluding hydrogens is 262 g/mol. The highest BCUT2D eigenvalue weighted by molar-refractivity contribution is 5.82. The average molecular weight is 285 g/mol. The second-order valence-corrected chi connectivity index (χ2v) is 5.93. The lowest BCUT2D eigenvalue weighted by atomic mass is 9.88. The Labute approximate surface area is 126 Å². The molecule has 0 radical (unpaired) electrons. The highest BCUT2D eigenvalue weighted by Gasteiger charge is 2.35. The fourth-order valence-corrected chi connectivity index (χ4v) is 2.76. The van der Waals surface area contributed by atoms with Crippen LogP contribution in [0.2, 0.25) is 0 Å². The molecule has 1 aromatic rings. The summed E-state index contributed by atoms with van der Waals surface area (Å²) in [5.41, 5.74) is 1.79. The standard InChI is InChI=1S/C18H23NO2/c1-18(10-3-4-11-18)17(21)19-14-16-9-6-8-15(13-16)7-2-5-12-20/h6,8-9,13,20H,3-5,10-12,14H2,1H3,(H,19,21). The van der Waals surface area contributed by atoms with Crippen LogP contribution in [0.1, 0.15) is 50.2 Å². The summed E-state index contributed by atoms with van der Waals surface area (Å²) in [7, 11) is 0. The predicted molar refractivity (Wildman–Crippen MR) is 83.4 cm³/mol. The maximum atomic E-state index is 12.3. The van der Waals surface area contributed by atoms with E-state index < -0.39 is 0 Å². The summed E-state index contributed by atoms with van der Waals surface area (Å²) in [5.74, 6) is 6.08. The molecule has 0 spiro atoms. The Morgan fingerprint density at radius 2 is 2.14 bits per heavy atom. The van der Waals surface area contributed by atoms with E-state index in [0.29, 0.717) is 13.0 Å². The van der Waals surface area contributed by atoms with Crippen molar-refractivity contribution >= 4 is 5.91 Å². The molecule has 0 aromatic heterocycles. The van der Waals surface area contributed by atoms with E-state index in [2.05, 4.69) is 24.1 Å². The van der Waals surface area contributed by atoms with E-state index >= 15 is 0 Å². The van der Waals surface area contributed by atoms with Gasteiger partial charge < -0.3 is 10.4 Å². The lowest BCUT2D eigenvalue weighted by molar-refractivity contribution is -0.130. The molecule has 0 heterocycles. The van der Waals surface area contributed by atoms with Crippen LogP contribution >= 0.6 is 0 Å². The van der Waals surface area contributed by atoms with Gasteiger partial charge in [0.1, 0.15) is 0 Å². The third-order valence-corrected chi connectivity index (χ3v) is 4.10. The maximum Gasteiger partial charge on any atom is 0.226 e. The van der Waals surface area contributed by atoms with Gasteiger partial charge >= 0.3 is 0 Å². The smallest absolute Gasteiger partial charge is 0.226 e. The van der Waals surface area contributed by atoms with Crippen LogP contribution in [-0.2, 0) is 11.3 Å². The number of hydrogen-bond acceptors (Lipinski definition) is 2. The van der Waals surface area contributed by atoms with Gasteiger partial charge in [-0.05, 0) is 30.5 Å². The first-order chi connectivity index (χ1) is 10.1. The Bertz CT molecular complexity index is 548. The summed E-state index contributed by atoms with van der Waals surface area (Å²) in [5, 5.41) is 11.8. The third-order valence-electron chi connectivity index (χ3n) is 4.10. The van der Waals surface area contributed by atoms with Gasteiger partial charge in [-0.15, -0.1) is 0 Å². The molecule has 2 rings (SSSR count). The summed E-state index contributed by atoms with van der Waals surface area (Å²) in [6, 6.07) is 7.87. The van der Waals surface area contributed by atoms with Gasteiger partial charge in [0.05, 0.1) is 6.61 Å². The summed E-state index contributed by atoms with van der Waals surface area (Å²) in [6.45, 7) is 2.69. The van der Waals surface area contributed by atoms with Crippen molar-refractivity contribution in [2.75, 3.05) is 6.61 Å². The van der Waals surface area contributed by atoms with Crippen LogP contribution < -0.4 is 5.32 Å². The molecule has 1 amide bonds. The molecule has 1 aromatic carbocycles. The largest absolute Gasteiger partial charge is 0.395 e. The van der Waals surface area contributed by atoms with Crippen molar-refractivity contribution < 1.29 is 9.90 Å². The van der Waals surface area contributed by atoms with Crippen molar-refractivity contribution in [1.82, 2.24) is 5.32 Å². The fraction of sp³-hybridized carbons (Fsp3) is 0.500. The van der Waals surface area contributed by atoms with E-state index in [0.717, 1.165) is 36.8 Å². The first kappa shape index (κ1) is 15.6. The molecule has 0 aliphatic heterocycles. The number of rotatable bonds is 4. The molecule has 21 heavy (non-hydrogen) atoms. The first-order valence-electron chi connectivity index (χ1n) is 7.61. The van der Waals surface area contributed by atoms with Crippen LogP contribution in [0.15, 0.2) is 24.3 Å². The Kier molecular flexibility index (Phi) is 5.41. The van der Waals surface area contributed by atoms with Gasteiger partial charge in [-0.3, -0.25) is 4.79 Å². The van der Waals surface area contributed by atoms with Crippen molar-refractivity contribution in [3.63, 3.8) is 0 Å². The molecule has 1 aliphatic rings.